The smallest absolute Gasteiger partial charge is 0.330 e. The lowest BCUT2D eigenvalue weighted by atomic mass is 9.80. The lowest BCUT2D eigenvalue weighted by Crippen LogP contribution is -2.47. The number of aryl methyl sites for hydroxylation is 1. The van der Waals surface area contributed by atoms with Gasteiger partial charge in [-0.05, 0) is 73.3 Å². The summed E-state index contributed by atoms with van der Waals surface area (Å²) in [7, 11) is 0.191. The Bertz CT molecular complexity index is 1740. The van der Waals surface area contributed by atoms with Crippen LogP contribution in [0, 0.1) is 6.92 Å². The van der Waals surface area contributed by atoms with Crippen LogP contribution < -0.4 is 25.6 Å². The summed E-state index contributed by atoms with van der Waals surface area (Å²) in [5.41, 5.74) is 0.586. The summed E-state index contributed by atoms with van der Waals surface area (Å²) in [5.74, 6) is 1.38. The number of hydrogen-bond donors (Lipinski definition) is 1. The van der Waals surface area contributed by atoms with Gasteiger partial charge in [-0.3, -0.25) is 14.3 Å². The standard InChI is InChI=1S/C37H46N3O9P/c1-7-40(8-2,9-3)49-50(43)48-32-23-34(39-24-26(4)35(41)38-36(39)42)47-33(32)25-46-37(27-13-11-10-12-14-27,28-15-19-30(44-5)20-16-28)29-17-21-31(45-6)22-18-29/h10-22,24,32-34,50H,7-9,23,25H2,1-6H3/p+1/t32-,33+,34+/m0/s1. The predicted octanol–water partition coefficient (Wildman–Crippen LogP) is 4.67. The third-order valence-corrected chi connectivity index (χ3v) is 10.6. The average molecular weight is 709 g/mol. The lowest BCUT2D eigenvalue weighted by molar-refractivity contribution is -1.08. The van der Waals surface area contributed by atoms with E-state index in [1.54, 1.807) is 21.1 Å². The van der Waals surface area contributed by atoms with Crippen LogP contribution in [0.1, 0.15) is 55.7 Å². The van der Waals surface area contributed by atoms with Crippen molar-refractivity contribution in [3.63, 3.8) is 0 Å². The van der Waals surface area contributed by atoms with Gasteiger partial charge < -0.3 is 23.8 Å². The van der Waals surface area contributed by atoms with Crippen molar-refractivity contribution >= 4 is 8.60 Å². The van der Waals surface area contributed by atoms with E-state index in [-0.39, 0.29) is 17.7 Å². The van der Waals surface area contributed by atoms with Gasteiger partial charge in [-0.1, -0.05) is 54.6 Å². The number of hydroxylamine groups is 3. The number of aromatic nitrogens is 2. The van der Waals surface area contributed by atoms with Crippen molar-refractivity contribution in [3.05, 3.63) is 128 Å². The highest BCUT2D eigenvalue weighted by Gasteiger charge is 2.45. The van der Waals surface area contributed by atoms with Crippen molar-refractivity contribution in [1.29, 1.82) is 0 Å². The first-order valence-electron chi connectivity index (χ1n) is 16.8. The molecule has 5 rings (SSSR count). The second-order valence-corrected chi connectivity index (χ2v) is 13.1. The minimum absolute atomic E-state index is 0.0321. The topological polar surface area (TPSA) is 133 Å². The average Bonchev–Trinajstić information content (AvgIpc) is 3.54. The molecule has 13 heteroatoms. The van der Waals surface area contributed by atoms with Crippen LogP contribution >= 0.6 is 8.60 Å². The number of H-pyrrole nitrogens is 1. The Balaban J connectivity index is 1.56. The molecule has 0 bridgehead atoms. The minimum atomic E-state index is -3.04. The maximum atomic E-state index is 13.5. The van der Waals surface area contributed by atoms with E-state index in [2.05, 4.69) is 4.98 Å². The monoisotopic (exact) mass is 708 g/mol. The maximum absolute atomic E-state index is 13.5. The molecule has 0 aliphatic carbocycles. The van der Waals surface area contributed by atoms with Crippen molar-refractivity contribution in [2.75, 3.05) is 40.5 Å². The van der Waals surface area contributed by atoms with E-state index in [1.165, 1.54) is 10.8 Å². The quantitative estimate of drug-likeness (QED) is 0.0763. The van der Waals surface area contributed by atoms with E-state index in [0.717, 1.165) is 16.7 Å². The van der Waals surface area contributed by atoms with E-state index in [1.807, 2.05) is 99.6 Å². The highest BCUT2D eigenvalue weighted by atomic mass is 31.2. The Hall–Kier alpha value is -3.87. The van der Waals surface area contributed by atoms with Crippen LogP contribution in [-0.2, 0) is 24.2 Å². The number of nitrogens with zero attached hydrogens (tertiary/aromatic N) is 2. The van der Waals surface area contributed by atoms with Gasteiger partial charge in [-0.25, -0.2) is 9.32 Å². The van der Waals surface area contributed by atoms with E-state index in [0.29, 0.717) is 36.7 Å². The van der Waals surface area contributed by atoms with Gasteiger partial charge in [0.15, 0.2) is 0 Å². The molecule has 1 unspecified atom stereocenters. The van der Waals surface area contributed by atoms with Crippen molar-refractivity contribution in [2.45, 2.75) is 58.2 Å². The Morgan fingerprint density at radius 3 is 1.94 bits per heavy atom. The van der Waals surface area contributed by atoms with Crippen LogP contribution in [-0.4, -0.2) is 66.9 Å². The van der Waals surface area contributed by atoms with Crippen molar-refractivity contribution < 1.29 is 37.6 Å². The van der Waals surface area contributed by atoms with E-state index >= 15 is 0 Å². The Kier molecular flexibility index (Phi) is 12.3. The van der Waals surface area contributed by atoms with Crippen molar-refractivity contribution in [2.24, 2.45) is 0 Å². The third-order valence-electron chi connectivity index (χ3n) is 9.52. The molecule has 1 aromatic heterocycles. The molecule has 0 saturated carbocycles. The summed E-state index contributed by atoms with van der Waals surface area (Å²) in [6.45, 7) is 9.32. The van der Waals surface area contributed by atoms with Gasteiger partial charge in [-0.15, -0.1) is 4.65 Å². The molecule has 2 heterocycles. The fraction of sp³-hybridized carbons (Fsp3) is 0.405. The fourth-order valence-corrected chi connectivity index (χ4v) is 7.64. The molecule has 1 fully saturated rings. The van der Waals surface area contributed by atoms with Crippen molar-refractivity contribution in [3.8, 4) is 11.5 Å². The summed E-state index contributed by atoms with van der Waals surface area (Å²) in [5, 5.41) is 0. The summed E-state index contributed by atoms with van der Waals surface area (Å²) in [6.07, 6.45) is -0.780. The molecule has 268 valence electrons. The second-order valence-electron chi connectivity index (χ2n) is 12.2. The van der Waals surface area contributed by atoms with Gasteiger partial charge in [0.05, 0.1) is 20.8 Å². The van der Waals surface area contributed by atoms with E-state index in [4.69, 9.17) is 28.1 Å². The van der Waals surface area contributed by atoms with Crippen LogP contribution in [0.15, 0.2) is 94.6 Å². The predicted molar refractivity (Wildman–Crippen MR) is 189 cm³/mol. The Morgan fingerprint density at radius 1 is 0.880 bits per heavy atom. The first-order chi connectivity index (χ1) is 24.1. The molecule has 50 heavy (non-hydrogen) atoms. The molecule has 1 N–H and O–H groups in total. The van der Waals surface area contributed by atoms with E-state index < -0.39 is 43.9 Å². The van der Waals surface area contributed by atoms with Crippen LogP contribution in [0.25, 0.3) is 0 Å². The summed E-state index contributed by atoms with van der Waals surface area (Å²) < 4.78 is 38.2. The number of nitrogens with one attached hydrogen (secondary N) is 1. The van der Waals surface area contributed by atoms with Gasteiger partial charge >= 0.3 is 5.69 Å². The normalized spacial score (nSPS) is 18.6. The molecule has 0 amide bonds. The third kappa shape index (κ3) is 7.87. The Morgan fingerprint density at radius 2 is 1.42 bits per heavy atom. The minimum Gasteiger partial charge on any atom is -0.628 e. The fourth-order valence-electron chi connectivity index (χ4n) is 6.39. The van der Waals surface area contributed by atoms with Crippen LogP contribution in [0.3, 0.4) is 0 Å². The SMILES string of the molecule is CC[N+](CC)(CC)O[PH+]([O-])O[C@H]1C[C@H](n2cc(C)c(=O)[nH]c2=O)O[C@@H]1COC(c1ccccc1)(c1ccc(OC)cc1)c1ccc(OC)cc1. The zero-order chi connectivity index (χ0) is 35.9. The number of methoxy groups -OCH3 is 2. The summed E-state index contributed by atoms with van der Waals surface area (Å²) in [6, 6.07) is 25.1. The number of aromatic amines is 1. The van der Waals surface area contributed by atoms with Crippen molar-refractivity contribution in [1.82, 2.24) is 9.55 Å². The first kappa shape index (κ1) is 37.4. The molecule has 1 aliphatic rings. The molecule has 0 spiro atoms. The van der Waals surface area contributed by atoms with Gasteiger partial charge in [0.1, 0.15) is 55.2 Å². The molecule has 12 nitrogen and oxygen atoms in total. The van der Waals surface area contributed by atoms with Gasteiger partial charge in [0.2, 0.25) is 0 Å². The first-order valence-corrected chi connectivity index (χ1v) is 18.1. The summed E-state index contributed by atoms with van der Waals surface area (Å²) in [4.78, 5) is 41.0. The zero-order valence-electron chi connectivity index (χ0n) is 29.4. The molecular weight excluding hydrogens is 661 g/mol. The number of quaternary nitrogens is 1. The van der Waals surface area contributed by atoms with Gasteiger partial charge in [0.25, 0.3) is 14.2 Å². The summed E-state index contributed by atoms with van der Waals surface area (Å²) >= 11 is 0. The Labute approximate surface area is 293 Å². The molecule has 0 radical (unpaired) electrons. The highest BCUT2D eigenvalue weighted by molar-refractivity contribution is 7.38. The number of rotatable bonds is 16. The maximum Gasteiger partial charge on any atom is 0.330 e. The highest BCUT2D eigenvalue weighted by Crippen LogP contribution is 2.45. The number of hydrogen-bond acceptors (Lipinski definition) is 9. The lowest BCUT2D eigenvalue weighted by Gasteiger charge is -2.37. The number of ether oxygens (including phenoxy) is 4. The van der Waals surface area contributed by atoms with E-state index in [9.17, 15) is 14.5 Å². The number of benzene rings is 3. The van der Waals surface area contributed by atoms with Crippen LogP contribution in [0.5, 0.6) is 11.5 Å². The van der Waals surface area contributed by atoms with Crippen LogP contribution in [0.4, 0.5) is 0 Å². The zero-order valence-corrected chi connectivity index (χ0v) is 30.4. The molecule has 1 saturated heterocycles. The largest absolute Gasteiger partial charge is 0.628 e. The molecule has 4 atom stereocenters. The molecule has 1 aliphatic heterocycles. The van der Waals surface area contributed by atoms with Crippen LogP contribution in [0.2, 0.25) is 0 Å². The van der Waals surface area contributed by atoms with Gasteiger partial charge in [-0.2, -0.15) is 0 Å². The second kappa shape index (κ2) is 16.4. The molecular formula is C37H47N3O9P+. The molecule has 3 aromatic carbocycles. The van der Waals surface area contributed by atoms with Gasteiger partial charge in [0, 0.05) is 18.2 Å². The molecule has 4 aromatic rings.